The molecule has 1 N–H and O–H groups in total. The van der Waals surface area contributed by atoms with E-state index in [0.29, 0.717) is 43.1 Å². The van der Waals surface area contributed by atoms with Crippen LogP contribution in [0.2, 0.25) is 5.02 Å². The van der Waals surface area contributed by atoms with Crippen molar-refractivity contribution in [3.63, 3.8) is 0 Å². The van der Waals surface area contributed by atoms with Gasteiger partial charge in [-0.05, 0) is 31.9 Å². The molecule has 1 aromatic carbocycles. The van der Waals surface area contributed by atoms with Gasteiger partial charge in [-0.25, -0.2) is 0 Å². The SMILES string of the molecule is C[C@H]1NC2(CCN(C(=O)c3ccccc3Cl)CC2)N(C[C@H]2CCCO2)C1=O. The fourth-order valence-corrected chi connectivity index (χ4v) is 4.76. The molecule has 3 aliphatic rings. The lowest BCUT2D eigenvalue weighted by Gasteiger charge is -2.45. The highest BCUT2D eigenvalue weighted by molar-refractivity contribution is 6.33. The van der Waals surface area contributed by atoms with Crippen molar-refractivity contribution in [1.82, 2.24) is 15.1 Å². The number of nitrogens with zero attached hydrogens (tertiary/aromatic N) is 2. The number of carbonyl (C=O) groups excluding carboxylic acids is 2. The van der Waals surface area contributed by atoms with Crippen molar-refractivity contribution in [1.29, 1.82) is 0 Å². The van der Waals surface area contributed by atoms with Crippen molar-refractivity contribution in [2.75, 3.05) is 26.2 Å². The molecule has 0 radical (unpaired) electrons. The molecule has 6 nitrogen and oxygen atoms in total. The lowest BCUT2D eigenvalue weighted by atomic mass is 9.94. The monoisotopic (exact) mass is 391 g/mol. The first-order valence-corrected chi connectivity index (χ1v) is 10.1. The lowest BCUT2D eigenvalue weighted by Crippen LogP contribution is -2.60. The van der Waals surface area contributed by atoms with Crippen LogP contribution in [0.3, 0.4) is 0 Å². The van der Waals surface area contributed by atoms with Crippen LogP contribution in [0.15, 0.2) is 24.3 Å². The Kier molecular flexibility index (Phi) is 5.14. The molecule has 3 aliphatic heterocycles. The molecule has 0 saturated carbocycles. The van der Waals surface area contributed by atoms with Gasteiger partial charge in [0.15, 0.2) is 0 Å². The van der Waals surface area contributed by atoms with Crippen molar-refractivity contribution in [3.8, 4) is 0 Å². The van der Waals surface area contributed by atoms with E-state index in [0.717, 1.165) is 19.4 Å². The molecular weight excluding hydrogens is 366 g/mol. The fraction of sp³-hybridized carbons (Fsp3) is 0.600. The Morgan fingerprint density at radius 3 is 2.74 bits per heavy atom. The second-order valence-electron chi connectivity index (χ2n) is 7.75. The zero-order valence-electron chi connectivity index (χ0n) is 15.6. The molecule has 27 heavy (non-hydrogen) atoms. The van der Waals surface area contributed by atoms with Gasteiger partial charge in [-0.15, -0.1) is 0 Å². The van der Waals surface area contributed by atoms with Gasteiger partial charge >= 0.3 is 0 Å². The van der Waals surface area contributed by atoms with Gasteiger partial charge in [0, 0.05) is 39.1 Å². The molecule has 3 saturated heterocycles. The van der Waals surface area contributed by atoms with Gasteiger partial charge < -0.3 is 14.5 Å². The van der Waals surface area contributed by atoms with Crippen molar-refractivity contribution in [2.24, 2.45) is 0 Å². The van der Waals surface area contributed by atoms with Gasteiger partial charge in [0.05, 0.1) is 28.4 Å². The Morgan fingerprint density at radius 2 is 2.07 bits per heavy atom. The third-order valence-electron chi connectivity index (χ3n) is 6.03. The summed E-state index contributed by atoms with van der Waals surface area (Å²) in [6, 6.07) is 6.95. The zero-order valence-corrected chi connectivity index (χ0v) is 16.4. The Labute approximate surface area is 164 Å². The highest BCUT2D eigenvalue weighted by Gasteiger charge is 2.51. The molecule has 0 bridgehead atoms. The standard InChI is InChI=1S/C20H26ClN3O3/c1-14-18(25)24(13-15-5-4-12-27-15)20(22-14)8-10-23(11-9-20)19(26)16-6-2-3-7-17(16)21/h2-3,6-7,14-15,22H,4-5,8-13H2,1H3/t14-,15-/m1/s1. The minimum Gasteiger partial charge on any atom is -0.376 e. The third-order valence-corrected chi connectivity index (χ3v) is 6.36. The normalized spacial score (nSPS) is 27.6. The Morgan fingerprint density at radius 1 is 1.33 bits per heavy atom. The molecule has 1 spiro atoms. The molecule has 2 atom stereocenters. The minimum absolute atomic E-state index is 0.0431. The smallest absolute Gasteiger partial charge is 0.255 e. The van der Waals surface area contributed by atoms with Gasteiger partial charge in [0.25, 0.3) is 5.91 Å². The first kappa shape index (κ1) is 18.7. The van der Waals surface area contributed by atoms with Crippen molar-refractivity contribution < 1.29 is 14.3 Å². The number of benzene rings is 1. The first-order valence-electron chi connectivity index (χ1n) is 9.75. The highest BCUT2D eigenvalue weighted by Crippen LogP contribution is 2.34. The Balaban J connectivity index is 1.46. The van der Waals surface area contributed by atoms with Crippen LogP contribution < -0.4 is 5.32 Å². The van der Waals surface area contributed by atoms with E-state index in [1.54, 1.807) is 12.1 Å². The predicted octanol–water partition coefficient (Wildman–Crippen LogP) is 2.27. The summed E-state index contributed by atoms with van der Waals surface area (Å²) in [5.74, 6) is 0.0925. The van der Waals surface area contributed by atoms with Crippen LogP contribution in [-0.2, 0) is 9.53 Å². The van der Waals surface area contributed by atoms with Crippen LogP contribution in [-0.4, -0.2) is 65.7 Å². The summed E-state index contributed by atoms with van der Waals surface area (Å²) in [6.07, 6.45) is 3.62. The summed E-state index contributed by atoms with van der Waals surface area (Å²) in [5.41, 5.74) is 0.162. The maximum atomic E-state index is 12.8. The molecule has 1 aromatic rings. The summed E-state index contributed by atoms with van der Waals surface area (Å²) in [7, 11) is 0. The molecule has 4 rings (SSSR count). The van der Waals surface area contributed by atoms with Crippen molar-refractivity contribution >= 4 is 23.4 Å². The summed E-state index contributed by atoms with van der Waals surface area (Å²) in [6.45, 7) is 4.52. The number of rotatable bonds is 3. The van der Waals surface area contributed by atoms with Crippen LogP contribution in [0.1, 0.15) is 43.0 Å². The van der Waals surface area contributed by atoms with Crippen LogP contribution in [0.4, 0.5) is 0 Å². The highest BCUT2D eigenvalue weighted by atomic mass is 35.5. The number of hydrogen-bond donors (Lipinski definition) is 1. The van der Waals surface area contributed by atoms with Gasteiger partial charge in [0.2, 0.25) is 5.91 Å². The zero-order chi connectivity index (χ0) is 19.0. The number of ether oxygens (including phenoxy) is 1. The van der Waals surface area contributed by atoms with Crippen LogP contribution >= 0.6 is 11.6 Å². The quantitative estimate of drug-likeness (QED) is 0.858. The van der Waals surface area contributed by atoms with Crippen molar-refractivity contribution in [3.05, 3.63) is 34.9 Å². The number of likely N-dealkylation sites (tertiary alicyclic amines) is 1. The number of hydrogen-bond acceptors (Lipinski definition) is 4. The summed E-state index contributed by atoms with van der Waals surface area (Å²) in [4.78, 5) is 29.4. The summed E-state index contributed by atoms with van der Waals surface area (Å²) in [5, 5.41) is 3.99. The maximum Gasteiger partial charge on any atom is 0.255 e. The minimum atomic E-state index is -0.375. The second kappa shape index (κ2) is 7.41. The lowest BCUT2D eigenvalue weighted by molar-refractivity contribution is -0.135. The first-order chi connectivity index (χ1) is 13.0. The molecule has 7 heteroatoms. The summed E-state index contributed by atoms with van der Waals surface area (Å²) >= 11 is 6.19. The molecule has 3 heterocycles. The summed E-state index contributed by atoms with van der Waals surface area (Å²) < 4.78 is 5.76. The third kappa shape index (κ3) is 3.46. The molecule has 0 unspecified atom stereocenters. The van der Waals surface area contributed by atoms with Gasteiger partial charge in [0.1, 0.15) is 0 Å². The number of carbonyl (C=O) groups is 2. The van der Waals surface area contributed by atoms with E-state index in [9.17, 15) is 9.59 Å². The van der Waals surface area contributed by atoms with E-state index in [1.807, 2.05) is 28.9 Å². The van der Waals surface area contributed by atoms with E-state index in [2.05, 4.69) is 5.32 Å². The van der Waals surface area contributed by atoms with Crippen LogP contribution in [0.25, 0.3) is 0 Å². The molecule has 146 valence electrons. The van der Waals surface area contributed by atoms with Crippen molar-refractivity contribution in [2.45, 2.75) is 50.4 Å². The number of nitrogens with one attached hydrogen (secondary N) is 1. The van der Waals surface area contributed by atoms with Crippen LogP contribution in [0, 0.1) is 0 Å². The Hall–Kier alpha value is -1.63. The molecular formula is C20H26ClN3O3. The average Bonchev–Trinajstić information content (AvgIpc) is 3.26. The van der Waals surface area contributed by atoms with E-state index < -0.39 is 0 Å². The van der Waals surface area contributed by atoms with E-state index in [4.69, 9.17) is 16.3 Å². The predicted molar refractivity (Wildman–Crippen MR) is 103 cm³/mol. The molecule has 0 aliphatic carbocycles. The molecule has 0 aromatic heterocycles. The number of piperidine rings is 1. The topological polar surface area (TPSA) is 61.9 Å². The fourth-order valence-electron chi connectivity index (χ4n) is 4.54. The number of amides is 2. The molecule has 2 amide bonds. The van der Waals surface area contributed by atoms with Gasteiger partial charge in [-0.3, -0.25) is 14.9 Å². The second-order valence-corrected chi connectivity index (χ2v) is 8.16. The van der Waals surface area contributed by atoms with Gasteiger partial charge in [-0.2, -0.15) is 0 Å². The largest absolute Gasteiger partial charge is 0.376 e. The van der Waals surface area contributed by atoms with Crippen LogP contribution in [0.5, 0.6) is 0 Å². The maximum absolute atomic E-state index is 12.8. The van der Waals surface area contributed by atoms with E-state index >= 15 is 0 Å². The Bertz CT molecular complexity index is 727. The molecule has 3 fully saturated rings. The van der Waals surface area contributed by atoms with Gasteiger partial charge in [-0.1, -0.05) is 23.7 Å². The van der Waals surface area contributed by atoms with E-state index in [-0.39, 0.29) is 29.6 Å². The van der Waals surface area contributed by atoms with E-state index in [1.165, 1.54) is 0 Å². The number of halogens is 1. The average molecular weight is 392 g/mol.